The molecule has 0 aliphatic carbocycles. The fraction of sp³-hybridized carbons (Fsp3) is 0.294. The second-order valence-corrected chi connectivity index (χ2v) is 10.6. The lowest BCUT2D eigenvalue weighted by atomic mass is 10.1. The van der Waals surface area contributed by atoms with E-state index in [0.29, 0.717) is 52.6 Å². The van der Waals surface area contributed by atoms with Gasteiger partial charge in [-0.2, -0.15) is 5.26 Å². The number of nitrogens with one attached hydrogen (secondary N) is 1. The third-order valence-corrected chi connectivity index (χ3v) is 7.18. The van der Waals surface area contributed by atoms with Crippen molar-refractivity contribution in [2.24, 2.45) is 0 Å². The minimum absolute atomic E-state index is 0.297. The number of nitrogens with zero attached hydrogens (tertiary/aromatic N) is 3. The Morgan fingerprint density at radius 2 is 1.57 bits per heavy atom. The van der Waals surface area contributed by atoms with Crippen molar-refractivity contribution in [2.75, 3.05) is 31.7 Å². The van der Waals surface area contributed by atoms with E-state index in [2.05, 4.69) is 28.5 Å². The van der Waals surface area contributed by atoms with Gasteiger partial charge in [0, 0.05) is 5.56 Å². The second kappa shape index (κ2) is 17.3. The number of aromatic nitrogens is 2. The Hall–Kier alpha value is -4.88. The highest BCUT2D eigenvalue weighted by Gasteiger charge is 2.14. The van der Waals surface area contributed by atoms with Crippen LogP contribution in [0, 0.1) is 11.3 Å². The maximum absolute atomic E-state index is 12.4. The van der Waals surface area contributed by atoms with Crippen molar-refractivity contribution in [2.45, 2.75) is 39.5 Å². The quantitative estimate of drug-likeness (QED) is 0.0954. The third kappa shape index (κ3) is 9.85. The Labute approximate surface area is 262 Å². The summed E-state index contributed by atoms with van der Waals surface area (Å²) in [5, 5.41) is 21.3. The number of allylic oxidation sites excluding steroid dienone is 1. The average Bonchev–Trinajstić information content (AvgIpc) is 3.52. The monoisotopic (exact) mass is 612 g/mol. The van der Waals surface area contributed by atoms with Gasteiger partial charge in [0.1, 0.15) is 30.8 Å². The van der Waals surface area contributed by atoms with Crippen LogP contribution in [0.1, 0.15) is 60.5 Å². The number of unbranched alkanes of at least 4 members (excludes halogenated alkanes) is 3. The maximum Gasteiger partial charge on any atom is 0.257 e. The first-order valence-electron chi connectivity index (χ1n) is 14.7. The molecular weight excluding hydrogens is 576 g/mol. The number of carbonyl (C=O) groups is 1. The highest BCUT2D eigenvalue weighted by Crippen LogP contribution is 2.31. The van der Waals surface area contributed by atoms with Gasteiger partial charge in [0.25, 0.3) is 5.91 Å². The van der Waals surface area contributed by atoms with Gasteiger partial charge in [-0.3, -0.25) is 10.1 Å². The lowest BCUT2D eigenvalue weighted by Crippen LogP contribution is -2.11. The first-order chi connectivity index (χ1) is 21.6. The van der Waals surface area contributed by atoms with Crippen molar-refractivity contribution in [3.05, 3.63) is 88.9 Å². The molecule has 3 aromatic carbocycles. The SMILES string of the molecule is CCCCCCOc1ccc(OCCOc2ccc(/C=C(\C#N)c3nnc(NC(=O)c4ccccc4)s3)cc2OCC)cc1. The number of anilines is 1. The van der Waals surface area contributed by atoms with Gasteiger partial charge in [0.2, 0.25) is 5.13 Å². The summed E-state index contributed by atoms with van der Waals surface area (Å²) < 4.78 is 23.4. The summed E-state index contributed by atoms with van der Waals surface area (Å²) in [6.45, 7) is 5.92. The van der Waals surface area contributed by atoms with Gasteiger partial charge in [-0.25, -0.2) is 0 Å². The van der Waals surface area contributed by atoms with Gasteiger partial charge in [-0.15, -0.1) is 10.2 Å². The van der Waals surface area contributed by atoms with E-state index in [4.69, 9.17) is 18.9 Å². The van der Waals surface area contributed by atoms with E-state index in [1.165, 1.54) is 19.3 Å². The molecule has 10 heteroatoms. The van der Waals surface area contributed by atoms with E-state index < -0.39 is 0 Å². The van der Waals surface area contributed by atoms with E-state index in [9.17, 15) is 10.1 Å². The molecule has 0 radical (unpaired) electrons. The predicted octanol–water partition coefficient (Wildman–Crippen LogP) is 7.67. The van der Waals surface area contributed by atoms with E-state index in [-0.39, 0.29) is 5.91 Å². The van der Waals surface area contributed by atoms with Crippen LogP contribution in [0.4, 0.5) is 5.13 Å². The van der Waals surface area contributed by atoms with Gasteiger partial charge >= 0.3 is 0 Å². The van der Waals surface area contributed by atoms with Gasteiger partial charge in [-0.05, 0) is 73.5 Å². The Morgan fingerprint density at radius 3 is 2.27 bits per heavy atom. The van der Waals surface area contributed by atoms with Gasteiger partial charge in [-0.1, -0.05) is 61.8 Å². The summed E-state index contributed by atoms with van der Waals surface area (Å²) in [5.41, 5.74) is 1.54. The van der Waals surface area contributed by atoms with Gasteiger partial charge < -0.3 is 18.9 Å². The first kappa shape index (κ1) is 32.0. The molecular formula is C34H36N4O5S. The number of hydrogen-bond donors (Lipinski definition) is 1. The Morgan fingerprint density at radius 1 is 0.841 bits per heavy atom. The molecule has 4 rings (SSSR count). The lowest BCUT2D eigenvalue weighted by molar-refractivity contribution is 0.102. The number of carbonyl (C=O) groups excluding carboxylic acids is 1. The number of nitriles is 1. The summed E-state index contributed by atoms with van der Waals surface area (Å²) in [5.74, 6) is 2.39. The number of ether oxygens (including phenoxy) is 4. The largest absolute Gasteiger partial charge is 0.494 e. The molecule has 228 valence electrons. The van der Waals surface area contributed by atoms with Crippen LogP contribution in [-0.2, 0) is 0 Å². The van der Waals surface area contributed by atoms with Crippen LogP contribution < -0.4 is 24.3 Å². The molecule has 0 saturated heterocycles. The van der Waals surface area contributed by atoms with Crippen LogP contribution in [0.25, 0.3) is 11.6 Å². The van der Waals surface area contributed by atoms with Crippen LogP contribution in [0.3, 0.4) is 0 Å². The molecule has 0 unspecified atom stereocenters. The van der Waals surface area contributed by atoms with Crippen LogP contribution in [0.15, 0.2) is 72.8 Å². The standard InChI is InChI=1S/C34H36N4O5S/c1-3-5-6-10-19-41-28-14-16-29(17-15-28)42-20-21-43-30-18-13-25(23-31(30)40-4-2)22-27(24-35)33-37-38-34(44-33)36-32(39)26-11-8-7-9-12-26/h7-9,11-18,22-23H,3-6,10,19-21H2,1-2H3,(H,36,38,39)/b27-22+. The summed E-state index contributed by atoms with van der Waals surface area (Å²) >= 11 is 1.12. The minimum Gasteiger partial charge on any atom is -0.494 e. The number of benzene rings is 3. The molecule has 0 spiro atoms. The smallest absolute Gasteiger partial charge is 0.257 e. The first-order valence-corrected chi connectivity index (χ1v) is 15.5. The topological polar surface area (TPSA) is 116 Å². The zero-order valence-corrected chi connectivity index (χ0v) is 25.8. The average molecular weight is 613 g/mol. The molecule has 9 nitrogen and oxygen atoms in total. The fourth-order valence-corrected chi connectivity index (χ4v) is 4.82. The lowest BCUT2D eigenvalue weighted by Gasteiger charge is -2.13. The van der Waals surface area contributed by atoms with Crippen molar-refractivity contribution >= 4 is 34.0 Å². The van der Waals surface area contributed by atoms with Gasteiger partial charge in [0.15, 0.2) is 16.5 Å². The van der Waals surface area contributed by atoms with Crippen molar-refractivity contribution in [3.8, 4) is 29.1 Å². The molecule has 0 atom stereocenters. The Bertz CT molecular complexity index is 1550. The van der Waals surface area contributed by atoms with E-state index >= 15 is 0 Å². The summed E-state index contributed by atoms with van der Waals surface area (Å²) in [4.78, 5) is 12.4. The summed E-state index contributed by atoms with van der Waals surface area (Å²) in [6.07, 6.45) is 6.38. The molecule has 1 amide bonds. The van der Waals surface area contributed by atoms with Crippen molar-refractivity contribution in [1.82, 2.24) is 10.2 Å². The van der Waals surface area contributed by atoms with Crippen molar-refractivity contribution in [3.63, 3.8) is 0 Å². The van der Waals surface area contributed by atoms with Gasteiger partial charge in [0.05, 0.1) is 18.8 Å². The molecule has 0 fully saturated rings. The predicted molar refractivity (Wildman–Crippen MR) is 172 cm³/mol. The highest BCUT2D eigenvalue weighted by molar-refractivity contribution is 7.16. The zero-order valence-electron chi connectivity index (χ0n) is 25.0. The molecule has 0 bridgehead atoms. The third-order valence-electron chi connectivity index (χ3n) is 6.31. The normalized spacial score (nSPS) is 11.0. The summed E-state index contributed by atoms with van der Waals surface area (Å²) in [6, 6.07) is 24.0. The van der Waals surface area contributed by atoms with Crippen LogP contribution >= 0.6 is 11.3 Å². The second-order valence-electron chi connectivity index (χ2n) is 9.62. The van der Waals surface area contributed by atoms with Crippen LogP contribution in [0.2, 0.25) is 0 Å². The number of amides is 1. The molecule has 44 heavy (non-hydrogen) atoms. The summed E-state index contributed by atoms with van der Waals surface area (Å²) in [7, 11) is 0. The zero-order chi connectivity index (χ0) is 31.0. The van der Waals surface area contributed by atoms with Crippen molar-refractivity contribution < 1.29 is 23.7 Å². The molecule has 4 aromatic rings. The van der Waals surface area contributed by atoms with E-state index in [1.807, 2.05) is 43.3 Å². The molecule has 0 saturated carbocycles. The van der Waals surface area contributed by atoms with E-state index in [0.717, 1.165) is 41.4 Å². The van der Waals surface area contributed by atoms with E-state index in [1.54, 1.807) is 42.5 Å². The highest BCUT2D eigenvalue weighted by atomic mass is 32.1. The van der Waals surface area contributed by atoms with Crippen LogP contribution in [0.5, 0.6) is 23.0 Å². The van der Waals surface area contributed by atoms with Crippen molar-refractivity contribution in [1.29, 1.82) is 5.26 Å². The Balaban J connectivity index is 1.31. The fourth-order valence-electron chi connectivity index (χ4n) is 4.11. The maximum atomic E-state index is 12.4. The van der Waals surface area contributed by atoms with Crippen LogP contribution in [-0.4, -0.2) is 42.5 Å². The molecule has 1 aromatic heterocycles. The molecule has 0 aliphatic heterocycles. The minimum atomic E-state index is -0.297. The number of rotatable bonds is 17. The molecule has 1 N–H and O–H groups in total. The Kier molecular flexibility index (Phi) is 12.6. The molecule has 0 aliphatic rings. The number of hydrogen-bond acceptors (Lipinski definition) is 9. The molecule has 1 heterocycles.